The molecule has 3 rings (SSSR count). The lowest BCUT2D eigenvalue weighted by molar-refractivity contribution is 0.571. The Balaban J connectivity index is 2.19. The van der Waals surface area contributed by atoms with Crippen LogP contribution in [0.1, 0.15) is 45.0 Å². The highest BCUT2D eigenvalue weighted by Gasteiger charge is 2.21. The highest BCUT2D eigenvalue weighted by molar-refractivity contribution is 6.41. The summed E-state index contributed by atoms with van der Waals surface area (Å²) in [6.07, 6.45) is 11.1. The molecule has 0 amide bonds. The van der Waals surface area contributed by atoms with E-state index in [-0.39, 0.29) is 21.6 Å². The fourth-order valence-corrected chi connectivity index (χ4v) is 2.87. The molecule has 6 nitrogen and oxygen atoms in total. The van der Waals surface area contributed by atoms with Gasteiger partial charge in [0.05, 0.1) is 12.0 Å². The highest BCUT2D eigenvalue weighted by Crippen LogP contribution is 2.24. The van der Waals surface area contributed by atoms with Crippen LogP contribution in [0.2, 0.25) is 0 Å². The molecule has 0 aliphatic heterocycles. The first-order valence-corrected chi connectivity index (χ1v) is 8.52. The summed E-state index contributed by atoms with van der Waals surface area (Å²) in [5, 5.41) is 0.209. The van der Waals surface area contributed by atoms with Crippen LogP contribution in [-0.2, 0) is 5.41 Å². The Labute approximate surface area is 151 Å². The van der Waals surface area contributed by atoms with Gasteiger partial charge >= 0.3 is 0 Å². The second kappa shape index (κ2) is 6.82. The van der Waals surface area contributed by atoms with Gasteiger partial charge in [0.2, 0.25) is 0 Å². The summed E-state index contributed by atoms with van der Waals surface area (Å²) in [7, 11) is 6.17. The van der Waals surface area contributed by atoms with Crippen molar-refractivity contribution in [1.82, 2.24) is 19.9 Å². The van der Waals surface area contributed by atoms with Gasteiger partial charge < -0.3 is 15.0 Å². The lowest BCUT2D eigenvalue weighted by Crippen LogP contribution is -2.48. The van der Waals surface area contributed by atoms with Crippen molar-refractivity contribution in [1.29, 1.82) is 0 Å². The predicted molar refractivity (Wildman–Crippen MR) is 103 cm³/mol. The monoisotopic (exact) mass is 348 g/mol. The SMILES string of the molecule is [B]/C(c1nc[nH]c1C(C)(C)C)=c1/[nH]c(=O)/c(=C/C2=CCCC=C2)[nH]c1=O. The molecule has 0 fully saturated rings. The number of hydrogen-bond acceptors (Lipinski definition) is 3. The molecule has 26 heavy (non-hydrogen) atoms. The van der Waals surface area contributed by atoms with Gasteiger partial charge in [-0.25, -0.2) is 4.98 Å². The van der Waals surface area contributed by atoms with Gasteiger partial charge in [-0.05, 0) is 30.0 Å². The third-order valence-electron chi connectivity index (χ3n) is 4.21. The van der Waals surface area contributed by atoms with Crippen LogP contribution in [-0.4, -0.2) is 27.8 Å². The number of rotatable bonds is 2. The Morgan fingerprint density at radius 1 is 1.19 bits per heavy atom. The van der Waals surface area contributed by atoms with Crippen LogP contribution >= 0.6 is 0 Å². The lowest BCUT2D eigenvalue weighted by atomic mass is 9.83. The molecular weight excluding hydrogens is 327 g/mol. The van der Waals surface area contributed by atoms with Gasteiger partial charge in [0.1, 0.15) is 18.5 Å². The summed E-state index contributed by atoms with van der Waals surface area (Å²) in [5.74, 6) is 0. The maximum Gasteiger partial charge on any atom is 0.272 e. The van der Waals surface area contributed by atoms with E-state index in [0.717, 1.165) is 24.1 Å². The first-order valence-electron chi connectivity index (χ1n) is 8.52. The van der Waals surface area contributed by atoms with Crippen LogP contribution in [0, 0.1) is 0 Å². The van der Waals surface area contributed by atoms with E-state index in [0.29, 0.717) is 5.69 Å². The van der Waals surface area contributed by atoms with Gasteiger partial charge in [0.15, 0.2) is 0 Å². The van der Waals surface area contributed by atoms with E-state index in [1.165, 1.54) is 6.33 Å². The van der Waals surface area contributed by atoms with Crippen LogP contribution in [0.4, 0.5) is 0 Å². The molecule has 2 aromatic rings. The molecule has 0 bridgehead atoms. The maximum atomic E-state index is 12.5. The van der Waals surface area contributed by atoms with Crippen molar-refractivity contribution in [3.05, 3.63) is 72.9 Å². The second-order valence-corrected chi connectivity index (χ2v) is 7.31. The largest absolute Gasteiger partial charge is 0.348 e. The predicted octanol–water partition coefficient (Wildman–Crippen LogP) is 0.466. The zero-order chi connectivity index (χ0) is 18.9. The first kappa shape index (κ1) is 18.0. The molecule has 1 aliphatic rings. The minimum Gasteiger partial charge on any atom is -0.348 e. The molecule has 132 valence electrons. The van der Waals surface area contributed by atoms with Crippen molar-refractivity contribution in [3.63, 3.8) is 0 Å². The number of aromatic amines is 3. The Morgan fingerprint density at radius 2 is 1.96 bits per heavy atom. The second-order valence-electron chi connectivity index (χ2n) is 7.31. The Morgan fingerprint density at radius 3 is 2.62 bits per heavy atom. The van der Waals surface area contributed by atoms with Gasteiger partial charge in [-0.15, -0.1) is 0 Å². The lowest BCUT2D eigenvalue weighted by Gasteiger charge is -2.18. The van der Waals surface area contributed by atoms with E-state index < -0.39 is 11.1 Å². The molecule has 0 spiro atoms. The summed E-state index contributed by atoms with van der Waals surface area (Å²) in [6, 6.07) is 0. The molecule has 2 aromatic heterocycles. The molecule has 1 aliphatic carbocycles. The van der Waals surface area contributed by atoms with E-state index in [4.69, 9.17) is 7.85 Å². The summed E-state index contributed by atoms with van der Waals surface area (Å²) in [6.45, 7) is 6.02. The van der Waals surface area contributed by atoms with Gasteiger partial charge in [-0.2, -0.15) is 0 Å². The molecule has 3 N–H and O–H groups in total. The molecular formula is C19H21BN4O2. The van der Waals surface area contributed by atoms with Gasteiger partial charge in [0.25, 0.3) is 11.1 Å². The number of hydrogen-bond donors (Lipinski definition) is 3. The smallest absolute Gasteiger partial charge is 0.272 e. The molecule has 2 heterocycles. The average Bonchev–Trinajstić information content (AvgIpc) is 3.08. The van der Waals surface area contributed by atoms with Crippen LogP contribution < -0.4 is 21.8 Å². The number of imidazole rings is 1. The molecule has 0 unspecified atom stereocenters. The molecule has 0 aromatic carbocycles. The number of H-pyrrole nitrogens is 3. The van der Waals surface area contributed by atoms with Crippen LogP contribution in [0.15, 0.2) is 39.7 Å². The van der Waals surface area contributed by atoms with Crippen LogP contribution in [0.25, 0.3) is 11.5 Å². The van der Waals surface area contributed by atoms with Crippen molar-refractivity contribution in [2.75, 3.05) is 0 Å². The molecule has 0 saturated carbocycles. The van der Waals surface area contributed by atoms with E-state index in [1.54, 1.807) is 6.08 Å². The fraction of sp³-hybridized carbons (Fsp3) is 0.316. The molecule has 0 saturated heterocycles. The van der Waals surface area contributed by atoms with Crippen molar-refractivity contribution in [2.24, 2.45) is 0 Å². The van der Waals surface area contributed by atoms with E-state index in [2.05, 4.69) is 19.9 Å². The number of nitrogens with zero attached hydrogens (tertiary/aromatic N) is 1. The van der Waals surface area contributed by atoms with Gasteiger partial charge in [-0.1, -0.05) is 39.0 Å². The van der Waals surface area contributed by atoms with Crippen molar-refractivity contribution in [3.8, 4) is 0 Å². The van der Waals surface area contributed by atoms with Crippen molar-refractivity contribution in [2.45, 2.75) is 39.0 Å². The minimum atomic E-state index is -0.461. The normalized spacial score (nSPS) is 16.6. The minimum absolute atomic E-state index is 0.0120. The van der Waals surface area contributed by atoms with E-state index in [9.17, 15) is 9.59 Å². The third-order valence-corrected chi connectivity index (χ3v) is 4.21. The quantitative estimate of drug-likeness (QED) is 0.689. The van der Waals surface area contributed by atoms with Crippen LogP contribution in [0.3, 0.4) is 0 Å². The summed E-state index contributed by atoms with van der Waals surface area (Å²) in [5.41, 5.74) is 1.18. The van der Waals surface area contributed by atoms with Crippen LogP contribution in [0.5, 0.6) is 0 Å². The zero-order valence-corrected chi connectivity index (χ0v) is 15.1. The van der Waals surface area contributed by atoms with E-state index in [1.807, 2.05) is 39.0 Å². The highest BCUT2D eigenvalue weighted by atomic mass is 16.1. The van der Waals surface area contributed by atoms with Crippen molar-refractivity contribution >= 4 is 19.4 Å². The Kier molecular flexibility index (Phi) is 4.72. The van der Waals surface area contributed by atoms with E-state index >= 15 is 0 Å². The maximum absolute atomic E-state index is 12.5. The van der Waals surface area contributed by atoms with Gasteiger partial charge in [-0.3, -0.25) is 9.59 Å². The fourth-order valence-electron chi connectivity index (χ4n) is 2.87. The molecule has 0 atom stereocenters. The average molecular weight is 348 g/mol. The van der Waals surface area contributed by atoms with Gasteiger partial charge in [0, 0.05) is 11.1 Å². The molecule has 2 radical (unpaired) electrons. The Bertz CT molecular complexity index is 1120. The summed E-state index contributed by atoms with van der Waals surface area (Å²) in [4.78, 5) is 37.4. The van der Waals surface area contributed by atoms with Crippen molar-refractivity contribution < 1.29 is 0 Å². The first-order chi connectivity index (χ1) is 12.3. The number of aromatic nitrogens is 4. The Hall–Kier alpha value is -2.83. The summed E-state index contributed by atoms with van der Waals surface area (Å²) < 4.78 is 0. The zero-order valence-electron chi connectivity index (χ0n) is 15.1. The summed E-state index contributed by atoms with van der Waals surface area (Å²) >= 11 is 0. The third kappa shape index (κ3) is 3.56. The number of allylic oxidation sites excluding steroid dienone is 4. The molecule has 7 heteroatoms. The number of nitrogens with one attached hydrogen (secondary N) is 3. The topological polar surface area (TPSA) is 94.4 Å². The standard InChI is InChI=1S/C19H21BN4O2/c1-19(2,3)16-14(21-10-22-16)13(20)15-18(26)23-12(17(25)24-15)9-11-7-5-4-6-8-11/h5,7-10H,4,6H2,1-3H3,(H,21,22)(H,23,26)(H,24,25)/b12-9-,15-13+.